The normalized spacial score (nSPS) is 21.0. The van der Waals surface area contributed by atoms with Crippen molar-refractivity contribution in [3.63, 3.8) is 0 Å². The highest BCUT2D eigenvalue weighted by Crippen LogP contribution is 2.39. The van der Waals surface area contributed by atoms with Crippen molar-refractivity contribution in [2.24, 2.45) is 13.0 Å². The number of aryl methyl sites for hydroxylation is 1. The molecule has 1 N–H and O–H groups in total. The summed E-state index contributed by atoms with van der Waals surface area (Å²) in [6, 6.07) is 9.31. The number of fused-ring (bicyclic) bond motifs is 1. The molecule has 0 radical (unpaired) electrons. The fraction of sp³-hybridized carbons (Fsp3) is 0.467. The number of piperidine rings is 1. The Bertz CT molecular complexity index is 1560. The predicted octanol–water partition coefficient (Wildman–Crippen LogP) is 3.26. The summed E-state index contributed by atoms with van der Waals surface area (Å²) in [7, 11) is 3.61. The second-order valence-electron chi connectivity index (χ2n) is 11.2. The smallest absolute Gasteiger partial charge is 0.262 e. The van der Waals surface area contributed by atoms with Crippen LogP contribution < -0.4 is 10.3 Å². The van der Waals surface area contributed by atoms with E-state index in [-0.39, 0.29) is 29.8 Å². The summed E-state index contributed by atoms with van der Waals surface area (Å²) in [4.78, 5) is 38.0. The van der Waals surface area contributed by atoms with E-state index in [0.717, 1.165) is 42.9 Å². The van der Waals surface area contributed by atoms with Crippen LogP contribution in [-0.2, 0) is 18.4 Å². The van der Waals surface area contributed by atoms with Crippen molar-refractivity contribution in [3.8, 4) is 11.4 Å². The SMILES string of the molecule is COc1ccc(-n2ccc3c(=O)n(CC4(O)CCN(C(=O)C5CCCCC5c5nccn5C)CC4)cnc32)cc1. The molecule has 1 aliphatic heterocycles. The first kappa shape index (κ1) is 26.3. The van der Waals surface area contributed by atoms with Crippen LogP contribution in [0.3, 0.4) is 0 Å². The van der Waals surface area contributed by atoms with Crippen molar-refractivity contribution in [2.75, 3.05) is 20.2 Å². The van der Waals surface area contributed by atoms with Gasteiger partial charge in [-0.05, 0) is 56.0 Å². The van der Waals surface area contributed by atoms with Crippen molar-refractivity contribution in [1.82, 2.24) is 28.6 Å². The Morgan fingerprint density at radius 3 is 2.52 bits per heavy atom. The molecule has 10 heteroatoms. The number of amides is 1. The van der Waals surface area contributed by atoms with Crippen molar-refractivity contribution < 1.29 is 14.6 Å². The summed E-state index contributed by atoms with van der Waals surface area (Å²) in [5.41, 5.74) is 0.164. The van der Waals surface area contributed by atoms with E-state index in [0.29, 0.717) is 37.0 Å². The zero-order valence-electron chi connectivity index (χ0n) is 23.1. The number of nitrogens with zero attached hydrogens (tertiary/aromatic N) is 6. The standard InChI is InChI=1S/C30H36N6O4/c1-33-18-14-31-26(33)23-5-3-4-6-24(23)28(37)34-16-12-30(39,13-17-34)19-35-20-32-27-25(29(35)38)11-15-36(27)21-7-9-22(40-2)10-8-21/h7-11,14-15,18,20,23-24,39H,3-6,12-13,16-17,19H2,1-2H3. The Morgan fingerprint density at radius 2 is 1.82 bits per heavy atom. The molecular formula is C30H36N6O4. The molecular weight excluding hydrogens is 508 g/mol. The third-order valence-electron chi connectivity index (χ3n) is 8.76. The molecule has 4 aromatic rings. The lowest BCUT2D eigenvalue weighted by atomic mass is 9.77. The third-order valence-corrected chi connectivity index (χ3v) is 8.76. The molecule has 10 nitrogen and oxygen atoms in total. The molecule has 2 unspecified atom stereocenters. The van der Waals surface area contributed by atoms with Crippen molar-refractivity contribution in [2.45, 2.75) is 56.6 Å². The highest BCUT2D eigenvalue weighted by atomic mass is 16.5. The van der Waals surface area contributed by atoms with Gasteiger partial charge in [-0.2, -0.15) is 0 Å². The molecule has 0 spiro atoms. The first-order chi connectivity index (χ1) is 19.4. The largest absolute Gasteiger partial charge is 0.497 e. The van der Waals surface area contributed by atoms with Gasteiger partial charge in [-0.1, -0.05) is 12.8 Å². The van der Waals surface area contributed by atoms with Crippen LogP contribution in [0.5, 0.6) is 5.75 Å². The first-order valence-corrected chi connectivity index (χ1v) is 14.1. The van der Waals surface area contributed by atoms with E-state index in [1.165, 1.54) is 10.9 Å². The lowest BCUT2D eigenvalue weighted by molar-refractivity contribution is -0.142. The minimum atomic E-state index is -1.08. The van der Waals surface area contributed by atoms with Gasteiger partial charge in [-0.15, -0.1) is 0 Å². The summed E-state index contributed by atoms with van der Waals surface area (Å²) in [6.45, 7) is 1.08. The quantitative estimate of drug-likeness (QED) is 0.399. The van der Waals surface area contributed by atoms with E-state index in [2.05, 4.69) is 9.97 Å². The summed E-state index contributed by atoms with van der Waals surface area (Å²) in [5.74, 6) is 1.95. The van der Waals surface area contributed by atoms with E-state index in [4.69, 9.17) is 4.74 Å². The number of likely N-dealkylation sites (tertiary alicyclic amines) is 1. The number of aromatic nitrogens is 5. The monoisotopic (exact) mass is 544 g/mol. The average Bonchev–Trinajstić information content (AvgIpc) is 3.61. The van der Waals surface area contributed by atoms with Gasteiger partial charge in [0.05, 0.1) is 24.6 Å². The molecule has 40 heavy (non-hydrogen) atoms. The molecule has 2 atom stereocenters. The van der Waals surface area contributed by atoms with Crippen molar-refractivity contribution in [1.29, 1.82) is 0 Å². The Labute approximate surface area is 232 Å². The van der Waals surface area contributed by atoms with E-state index in [9.17, 15) is 14.7 Å². The molecule has 1 saturated heterocycles. The van der Waals surface area contributed by atoms with Crippen LogP contribution in [0, 0.1) is 5.92 Å². The summed E-state index contributed by atoms with van der Waals surface area (Å²) >= 11 is 0. The number of carbonyl (C=O) groups excluding carboxylic acids is 1. The fourth-order valence-corrected chi connectivity index (χ4v) is 6.44. The van der Waals surface area contributed by atoms with Gasteiger partial charge in [0.2, 0.25) is 5.91 Å². The molecule has 0 bridgehead atoms. The van der Waals surface area contributed by atoms with Gasteiger partial charge in [0.1, 0.15) is 17.9 Å². The van der Waals surface area contributed by atoms with Crippen molar-refractivity contribution >= 4 is 16.9 Å². The number of methoxy groups -OCH3 is 1. The minimum Gasteiger partial charge on any atom is -0.497 e. The van der Waals surface area contributed by atoms with Crippen molar-refractivity contribution in [3.05, 3.63) is 71.4 Å². The fourth-order valence-electron chi connectivity index (χ4n) is 6.44. The average molecular weight is 545 g/mol. The number of hydrogen-bond donors (Lipinski definition) is 1. The van der Waals surface area contributed by atoms with E-state index < -0.39 is 5.60 Å². The highest BCUT2D eigenvalue weighted by Gasteiger charge is 2.40. The molecule has 1 saturated carbocycles. The lowest BCUT2D eigenvalue weighted by Crippen LogP contribution is -2.51. The number of rotatable bonds is 6. The van der Waals surface area contributed by atoms with Crippen LogP contribution in [0.1, 0.15) is 50.3 Å². The second kappa shape index (κ2) is 10.6. The Hall–Kier alpha value is -3.92. The molecule has 1 amide bonds. The highest BCUT2D eigenvalue weighted by molar-refractivity contribution is 5.80. The predicted molar refractivity (Wildman–Crippen MR) is 151 cm³/mol. The molecule has 2 aliphatic rings. The molecule has 1 aromatic carbocycles. The summed E-state index contributed by atoms with van der Waals surface area (Å²) < 4.78 is 10.6. The van der Waals surface area contributed by atoms with Gasteiger partial charge in [0.25, 0.3) is 5.56 Å². The lowest BCUT2D eigenvalue weighted by Gasteiger charge is -2.41. The molecule has 3 aromatic heterocycles. The van der Waals surface area contributed by atoms with E-state index in [1.54, 1.807) is 19.4 Å². The molecule has 6 rings (SSSR count). The number of carbonyl (C=O) groups is 1. The van der Waals surface area contributed by atoms with Crippen LogP contribution in [0.25, 0.3) is 16.7 Å². The van der Waals surface area contributed by atoms with Gasteiger partial charge >= 0.3 is 0 Å². The molecule has 1 aliphatic carbocycles. The van der Waals surface area contributed by atoms with Gasteiger partial charge in [0, 0.05) is 56.3 Å². The van der Waals surface area contributed by atoms with E-state index in [1.807, 2.05) is 57.7 Å². The topological polar surface area (TPSA) is 107 Å². The third kappa shape index (κ3) is 4.81. The number of benzene rings is 1. The first-order valence-electron chi connectivity index (χ1n) is 14.1. The summed E-state index contributed by atoms with van der Waals surface area (Å²) in [5, 5.41) is 11.9. The van der Waals surface area contributed by atoms with Crippen LogP contribution in [0.15, 0.2) is 60.0 Å². The molecule has 2 fully saturated rings. The molecule has 4 heterocycles. The zero-order chi connectivity index (χ0) is 27.9. The maximum absolute atomic E-state index is 13.6. The zero-order valence-corrected chi connectivity index (χ0v) is 23.1. The van der Waals surface area contributed by atoms with Gasteiger partial charge in [-0.25, -0.2) is 9.97 Å². The van der Waals surface area contributed by atoms with Gasteiger partial charge in [-0.3, -0.25) is 14.2 Å². The van der Waals surface area contributed by atoms with Crippen LogP contribution in [-0.4, -0.2) is 65.4 Å². The Kier molecular flexibility index (Phi) is 6.95. The van der Waals surface area contributed by atoms with Crippen LogP contribution in [0.2, 0.25) is 0 Å². The second-order valence-corrected chi connectivity index (χ2v) is 11.2. The number of imidazole rings is 1. The Morgan fingerprint density at radius 1 is 1.07 bits per heavy atom. The maximum atomic E-state index is 13.6. The number of ether oxygens (including phenoxy) is 1. The number of hydrogen-bond acceptors (Lipinski definition) is 6. The van der Waals surface area contributed by atoms with Crippen LogP contribution in [0.4, 0.5) is 0 Å². The van der Waals surface area contributed by atoms with Gasteiger partial charge in [0.15, 0.2) is 5.65 Å². The number of aliphatic hydroxyl groups is 1. The Balaban J connectivity index is 1.14. The summed E-state index contributed by atoms with van der Waals surface area (Å²) in [6.07, 6.45) is 11.9. The van der Waals surface area contributed by atoms with Crippen LogP contribution >= 0.6 is 0 Å². The van der Waals surface area contributed by atoms with Gasteiger partial charge < -0.3 is 23.9 Å². The maximum Gasteiger partial charge on any atom is 0.262 e. The van der Waals surface area contributed by atoms with E-state index >= 15 is 0 Å². The molecule has 210 valence electrons. The minimum absolute atomic E-state index is 0.0787.